The van der Waals surface area contributed by atoms with Gasteiger partial charge in [0.15, 0.2) is 5.82 Å². The first kappa shape index (κ1) is 23.3. The van der Waals surface area contributed by atoms with E-state index in [-0.39, 0.29) is 11.8 Å². The SMILES string of the molecule is CC1CCc2cccc(-c3ncc4c(N5CC6CCC(C5)N6)nc(OC[C@@H]5CCCN5C)nc4c3F)c21. The second-order valence-corrected chi connectivity index (χ2v) is 11.5. The van der Waals surface area contributed by atoms with E-state index in [1.807, 2.05) is 12.1 Å². The Labute approximate surface area is 217 Å². The van der Waals surface area contributed by atoms with Crippen LogP contribution in [-0.2, 0) is 6.42 Å². The Kier molecular flexibility index (Phi) is 5.77. The molecule has 194 valence electrons. The largest absolute Gasteiger partial charge is 0.462 e. The number of halogens is 1. The minimum absolute atomic E-state index is 0.261. The van der Waals surface area contributed by atoms with Gasteiger partial charge in [-0.05, 0) is 69.2 Å². The van der Waals surface area contributed by atoms with Crippen molar-refractivity contribution in [3.05, 3.63) is 41.3 Å². The van der Waals surface area contributed by atoms with Crippen LogP contribution < -0.4 is 15.0 Å². The third-order valence-electron chi connectivity index (χ3n) is 9.03. The second-order valence-electron chi connectivity index (χ2n) is 11.5. The monoisotopic (exact) mass is 502 g/mol. The molecule has 4 atom stereocenters. The number of piperazine rings is 1. The van der Waals surface area contributed by atoms with Gasteiger partial charge < -0.3 is 19.9 Å². The molecule has 5 heterocycles. The number of aryl methyl sites for hydroxylation is 1. The van der Waals surface area contributed by atoms with Gasteiger partial charge in [0, 0.05) is 43.0 Å². The highest BCUT2D eigenvalue weighted by molar-refractivity contribution is 5.92. The molecule has 3 unspecified atom stereocenters. The normalized spacial score (nSPS) is 27.3. The topological polar surface area (TPSA) is 66.4 Å². The average molecular weight is 503 g/mol. The molecule has 1 aromatic carbocycles. The first-order valence-electron chi connectivity index (χ1n) is 13.9. The molecule has 8 heteroatoms. The number of nitrogens with zero attached hydrogens (tertiary/aromatic N) is 5. The van der Waals surface area contributed by atoms with E-state index in [0.717, 1.165) is 63.1 Å². The van der Waals surface area contributed by atoms with E-state index in [2.05, 4.69) is 40.1 Å². The fraction of sp³-hybridized carbons (Fsp3) is 0.552. The number of benzene rings is 1. The number of aromatic nitrogens is 3. The van der Waals surface area contributed by atoms with Gasteiger partial charge in [-0.2, -0.15) is 9.97 Å². The number of ether oxygens (including phenoxy) is 1. The molecule has 0 spiro atoms. The molecule has 3 saturated heterocycles. The third kappa shape index (κ3) is 4.05. The standard InChI is InChI=1S/C29H35FN6O/c1-17-8-9-18-5-3-7-22(24(17)18)26-25(30)27-23(13-31-26)28(36-14-19-10-11-20(15-36)32-19)34-29(33-27)37-16-21-6-4-12-35(21)2/h3,5,7,13,17,19-21,32H,4,6,8-12,14-16H2,1-2H3/t17?,19?,20?,21-/m0/s1. The molecular weight excluding hydrogens is 467 g/mol. The molecule has 0 radical (unpaired) electrons. The highest BCUT2D eigenvalue weighted by atomic mass is 19.1. The van der Waals surface area contributed by atoms with Crippen molar-refractivity contribution in [1.29, 1.82) is 0 Å². The first-order valence-corrected chi connectivity index (χ1v) is 13.9. The van der Waals surface area contributed by atoms with Crippen molar-refractivity contribution in [1.82, 2.24) is 25.2 Å². The molecule has 7 nitrogen and oxygen atoms in total. The maximum Gasteiger partial charge on any atom is 0.319 e. The van der Waals surface area contributed by atoms with Gasteiger partial charge in [0.2, 0.25) is 0 Å². The number of anilines is 1. The Bertz CT molecular complexity index is 1340. The van der Waals surface area contributed by atoms with Gasteiger partial charge in [-0.15, -0.1) is 0 Å². The van der Waals surface area contributed by atoms with Crippen LogP contribution in [0.25, 0.3) is 22.2 Å². The molecule has 4 aliphatic rings. The Morgan fingerprint density at radius 1 is 1.11 bits per heavy atom. The van der Waals surface area contributed by atoms with Crippen LogP contribution in [0.4, 0.5) is 10.2 Å². The number of hydrogen-bond donors (Lipinski definition) is 1. The number of fused-ring (bicyclic) bond motifs is 4. The van der Waals surface area contributed by atoms with Crippen molar-refractivity contribution in [2.75, 3.05) is 38.2 Å². The summed E-state index contributed by atoms with van der Waals surface area (Å²) in [5.41, 5.74) is 4.10. The van der Waals surface area contributed by atoms with Crippen LogP contribution in [0.15, 0.2) is 24.4 Å². The van der Waals surface area contributed by atoms with Gasteiger partial charge >= 0.3 is 6.01 Å². The lowest BCUT2D eigenvalue weighted by Gasteiger charge is -2.34. The Morgan fingerprint density at radius 2 is 1.95 bits per heavy atom. The Morgan fingerprint density at radius 3 is 2.73 bits per heavy atom. The van der Waals surface area contributed by atoms with Crippen molar-refractivity contribution in [2.45, 2.75) is 69.5 Å². The van der Waals surface area contributed by atoms with E-state index >= 15 is 4.39 Å². The lowest BCUT2D eigenvalue weighted by Crippen LogP contribution is -2.51. The van der Waals surface area contributed by atoms with Crippen molar-refractivity contribution < 1.29 is 9.13 Å². The smallest absolute Gasteiger partial charge is 0.319 e. The van der Waals surface area contributed by atoms with Crippen LogP contribution in [0.2, 0.25) is 0 Å². The predicted octanol–water partition coefficient (Wildman–Crippen LogP) is 4.29. The number of rotatable bonds is 5. The van der Waals surface area contributed by atoms with Crippen molar-refractivity contribution in [3.63, 3.8) is 0 Å². The van der Waals surface area contributed by atoms with Gasteiger partial charge in [-0.3, -0.25) is 4.98 Å². The molecule has 7 rings (SSSR count). The molecule has 3 aromatic rings. The summed E-state index contributed by atoms with van der Waals surface area (Å²) in [5.74, 6) is 0.750. The quantitative estimate of drug-likeness (QED) is 0.558. The van der Waals surface area contributed by atoms with E-state index in [1.54, 1.807) is 6.20 Å². The maximum atomic E-state index is 16.4. The fourth-order valence-electron chi connectivity index (χ4n) is 6.98. The lowest BCUT2D eigenvalue weighted by atomic mass is 9.94. The summed E-state index contributed by atoms with van der Waals surface area (Å²) in [5, 5.41) is 4.34. The molecule has 0 saturated carbocycles. The Balaban J connectivity index is 1.33. The van der Waals surface area contributed by atoms with Crippen LogP contribution in [0, 0.1) is 5.82 Å². The van der Waals surface area contributed by atoms with E-state index in [9.17, 15) is 0 Å². The molecular formula is C29H35FN6O. The zero-order valence-corrected chi connectivity index (χ0v) is 21.7. The predicted molar refractivity (Wildman–Crippen MR) is 143 cm³/mol. The van der Waals surface area contributed by atoms with Crippen LogP contribution >= 0.6 is 0 Å². The Hall–Kier alpha value is -2.84. The lowest BCUT2D eigenvalue weighted by molar-refractivity contribution is 0.188. The molecule has 1 N–H and O–H groups in total. The number of likely N-dealkylation sites (N-methyl/N-ethyl adjacent to an activating group) is 1. The molecule has 2 aromatic heterocycles. The summed E-state index contributed by atoms with van der Waals surface area (Å²) in [6.07, 6.45) is 8.49. The zero-order chi connectivity index (χ0) is 25.1. The number of pyridine rings is 1. The van der Waals surface area contributed by atoms with Crippen molar-refractivity contribution >= 4 is 16.7 Å². The molecule has 2 bridgehead atoms. The fourth-order valence-corrected chi connectivity index (χ4v) is 6.98. The van der Waals surface area contributed by atoms with Crippen LogP contribution in [0.5, 0.6) is 6.01 Å². The number of hydrogen-bond acceptors (Lipinski definition) is 7. The maximum absolute atomic E-state index is 16.4. The zero-order valence-electron chi connectivity index (χ0n) is 21.7. The summed E-state index contributed by atoms with van der Waals surface area (Å²) in [4.78, 5) is 18.8. The van der Waals surface area contributed by atoms with Crippen LogP contribution in [0.3, 0.4) is 0 Å². The summed E-state index contributed by atoms with van der Waals surface area (Å²) in [6, 6.07) is 7.65. The summed E-state index contributed by atoms with van der Waals surface area (Å²) in [6.45, 7) is 5.50. The van der Waals surface area contributed by atoms with E-state index in [4.69, 9.17) is 14.7 Å². The van der Waals surface area contributed by atoms with E-state index in [0.29, 0.717) is 47.2 Å². The molecule has 3 aliphatic heterocycles. The molecule has 1 aliphatic carbocycles. The summed E-state index contributed by atoms with van der Waals surface area (Å²) >= 11 is 0. The average Bonchev–Trinajstić information content (AvgIpc) is 3.60. The van der Waals surface area contributed by atoms with Crippen LogP contribution in [0.1, 0.15) is 56.1 Å². The minimum Gasteiger partial charge on any atom is -0.462 e. The van der Waals surface area contributed by atoms with Crippen molar-refractivity contribution in [2.24, 2.45) is 0 Å². The highest BCUT2D eigenvalue weighted by Crippen LogP contribution is 2.41. The molecule has 37 heavy (non-hydrogen) atoms. The van der Waals surface area contributed by atoms with Gasteiger partial charge in [-0.25, -0.2) is 4.39 Å². The third-order valence-corrected chi connectivity index (χ3v) is 9.03. The summed E-state index contributed by atoms with van der Waals surface area (Å²) < 4.78 is 22.6. The van der Waals surface area contributed by atoms with Gasteiger partial charge in [0.25, 0.3) is 0 Å². The highest BCUT2D eigenvalue weighted by Gasteiger charge is 2.34. The summed E-state index contributed by atoms with van der Waals surface area (Å²) in [7, 11) is 2.13. The van der Waals surface area contributed by atoms with Gasteiger partial charge in [0.05, 0.1) is 5.39 Å². The molecule has 3 fully saturated rings. The van der Waals surface area contributed by atoms with E-state index < -0.39 is 0 Å². The van der Waals surface area contributed by atoms with Gasteiger partial charge in [0.1, 0.15) is 23.6 Å². The van der Waals surface area contributed by atoms with Crippen molar-refractivity contribution in [3.8, 4) is 17.3 Å². The van der Waals surface area contributed by atoms with E-state index in [1.165, 1.54) is 17.5 Å². The first-order chi connectivity index (χ1) is 18.0. The number of nitrogens with one attached hydrogen (secondary N) is 1. The van der Waals surface area contributed by atoms with Crippen LogP contribution in [-0.4, -0.2) is 71.3 Å². The molecule has 0 amide bonds. The van der Waals surface area contributed by atoms with Gasteiger partial charge in [-0.1, -0.05) is 25.1 Å². The second kappa shape index (κ2) is 9.17. The number of likely N-dealkylation sites (tertiary alicyclic amines) is 1. The minimum atomic E-state index is -0.380.